The molecule has 8 heteroatoms. The van der Waals surface area contributed by atoms with Gasteiger partial charge in [-0.3, -0.25) is 14.6 Å². The van der Waals surface area contributed by atoms with Crippen molar-refractivity contribution in [1.82, 2.24) is 20.2 Å². The molecule has 33 heavy (non-hydrogen) atoms. The molecular formula is C25H28N4O4. The number of amides is 2. The summed E-state index contributed by atoms with van der Waals surface area (Å²) in [6.45, 7) is 0.345. The molecule has 0 aromatic carbocycles. The summed E-state index contributed by atoms with van der Waals surface area (Å²) in [6.07, 6.45) is 10.6. The van der Waals surface area contributed by atoms with Gasteiger partial charge in [0.1, 0.15) is 18.1 Å². The zero-order valence-corrected chi connectivity index (χ0v) is 18.7. The first-order valence-electron chi connectivity index (χ1n) is 11.2. The second-order valence-corrected chi connectivity index (χ2v) is 8.17. The third kappa shape index (κ3) is 5.97. The fourth-order valence-electron chi connectivity index (χ4n) is 3.90. The molecule has 0 atom stereocenters. The molecule has 1 saturated carbocycles. The van der Waals surface area contributed by atoms with Crippen molar-refractivity contribution >= 4 is 11.8 Å². The lowest BCUT2D eigenvalue weighted by Crippen LogP contribution is -2.44. The van der Waals surface area contributed by atoms with E-state index in [-0.39, 0.29) is 24.3 Å². The van der Waals surface area contributed by atoms with Gasteiger partial charge in [-0.2, -0.15) is 0 Å². The predicted molar refractivity (Wildman–Crippen MR) is 122 cm³/mol. The summed E-state index contributed by atoms with van der Waals surface area (Å²) in [4.78, 5) is 35.1. The molecule has 1 aliphatic rings. The maximum Gasteiger partial charge on any atom is 0.287 e. The third-order valence-electron chi connectivity index (χ3n) is 5.86. The summed E-state index contributed by atoms with van der Waals surface area (Å²) in [5.74, 6) is 0.697. The Hall–Kier alpha value is -3.68. The minimum absolute atomic E-state index is 0.0525. The van der Waals surface area contributed by atoms with E-state index in [1.165, 1.54) is 6.42 Å². The van der Waals surface area contributed by atoms with Gasteiger partial charge < -0.3 is 19.4 Å². The van der Waals surface area contributed by atoms with Gasteiger partial charge in [-0.15, -0.1) is 0 Å². The van der Waals surface area contributed by atoms with Crippen molar-refractivity contribution in [2.45, 2.75) is 44.8 Å². The van der Waals surface area contributed by atoms with Gasteiger partial charge in [-0.1, -0.05) is 25.3 Å². The molecule has 3 heterocycles. The number of carbonyl (C=O) groups excluding carboxylic acids is 2. The van der Waals surface area contributed by atoms with Crippen molar-refractivity contribution in [3.8, 4) is 17.2 Å². The maximum absolute atomic E-state index is 12.4. The first-order valence-corrected chi connectivity index (χ1v) is 11.2. The Bertz CT molecular complexity index is 1060. The largest absolute Gasteiger partial charge is 0.487 e. The summed E-state index contributed by atoms with van der Waals surface area (Å²) in [5.41, 5.74) is 1.54. The minimum atomic E-state index is -0.428. The predicted octanol–water partition coefficient (Wildman–Crippen LogP) is 3.84. The van der Waals surface area contributed by atoms with Gasteiger partial charge in [-0.05, 0) is 43.2 Å². The van der Waals surface area contributed by atoms with Gasteiger partial charge >= 0.3 is 0 Å². The number of pyridine rings is 2. The van der Waals surface area contributed by atoms with E-state index in [1.807, 2.05) is 19.2 Å². The van der Waals surface area contributed by atoms with Crippen LogP contribution in [-0.4, -0.2) is 46.3 Å². The highest BCUT2D eigenvalue weighted by atomic mass is 16.5. The van der Waals surface area contributed by atoms with Crippen molar-refractivity contribution < 1.29 is 18.7 Å². The van der Waals surface area contributed by atoms with Crippen LogP contribution in [0.3, 0.4) is 0 Å². The zero-order valence-electron chi connectivity index (χ0n) is 18.7. The number of nitrogens with zero attached hydrogens (tertiary/aromatic N) is 3. The van der Waals surface area contributed by atoms with Crippen LogP contribution in [-0.2, 0) is 11.4 Å². The van der Waals surface area contributed by atoms with Gasteiger partial charge in [0.25, 0.3) is 5.91 Å². The third-order valence-corrected chi connectivity index (χ3v) is 5.86. The zero-order chi connectivity index (χ0) is 23.0. The van der Waals surface area contributed by atoms with Crippen molar-refractivity contribution in [1.29, 1.82) is 0 Å². The molecule has 2 amide bonds. The number of likely N-dealkylation sites (N-methyl/N-ethyl adjacent to an activating group) is 1. The molecule has 0 bridgehead atoms. The van der Waals surface area contributed by atoms with Crippen LogP contribution in [0.4, 0.5) is 0 Å². The molecule has 0 spiro atoms. The lowest BCUT2D eigenvalue weighted by molar-refractivity contribution is -0.131. The van der Waals surface area contributed by atoms with E-state index >= 15 is 0 Å². The van der Waals surface area contributed by atoms with Crippen LogP contribution in [0.2, 0.25) is 0 Å². The number of carbonyl (C=O) groups is 2. The maximum atomic E-state index is 12.4. The number of hydrogen-bond donors (Lipinski definition) is 1. The summed E-state index contributed by atoms with van der Waals surface area (Å²) < 4.78 is 11.4. The number of hydrogen-bond acceptors (Lipinski definition) is 6. The molecule has 3 aromatic rings. The van der Waals surface area contributed by atoms with Crippen molar-refractivity contribution in [3.05, 3.63) is 66.3 Å². The smallest absolute Gasteiger partial charge is 0.287 e. The standard InChI is InChI=1S/C25H28N4O4/c1-29(19-7-3-2-4-8-19)24(30)16-28-25(31)23-12-11-22(33-23)21-10-9-20(15-27-21)32-17-18-6-5-13-26-14-18/h5-6,9-15,19H,2-4,7-8,16-17H2,1H3,(H,28,31). The Balaban J connectivity index is 1.28. The number of ether oxygens (including phenoxy) is 1. The van der Waals surface area contributed by atoms with Gasteiger partial charge in [0.05, 0.1) is 12.7 Å². The monoisotopic (exact) mass is 448 g/mol. The number of nitrogens with one attached hydrogen (secondary N) is 1. The van der Waals surface area contributed by atoms with Gasteiger partial charge in [0, 0.05) is 31.0 Å². The highest BCUT2D eigenvalue weighted by molar-refractivity contribution is 5.94. The summed E-state index contributed by atoms with van der Waals surface area (Å²) in [5, 5.41) is 2.66. The lowest BCUT2D eigenvalue weighted by Gasteiger charge is -2.31. The Morgan fingerprint density at radius 3 is 2.70 bits per heavy atom. The first-order chi connectivity index (χ1) is 16.1. The lowest BCUT2D eigenvalue weighted by atomic mass is 9.94. The van der Waals surface area contributed by atoms with Crippen LogP contribution in [0, 0.1) is 0 Å². The van der Waals surface area contributed by atoms with E-state index < -0.39 is 5.91 Å². The molecule has 0 aliphatic heterocycles. The Kier molecular flexibility index (Phi) is 7.34. The molecule has 0 unspecified atom stereocenters. The average Bonchev–Trinajstić information content (AvgIpc) is 3.37. The van der Waals surface area contributed by atoms with Gasteiger partial charge in [-0.25, -0.2) is 4.98 Å². The van der Waals surface area contributed by atoms with E-state index in [9.17, 15) is 9.59 Å². The summed E-state index contributed by atoms with van der Waals surface area (Å²) in [6, 6.07) is 10.9. The van der Waals surface area contributed by atoms with Crippen LogP contribution < -0.4 is 10.1 Å². The van der Waals surface area contributed by atoms with E-state index in [4.69, 9.17) is 9.15 Å². The number of rotatable bonds is 8. The number of aromatic nitrogens is 2. The van der Waals surface area contributed by atoms with Crippen LogP contribution >= 0.6 is 0 Å². The van der Waals surface area contributed by atoms with Crippen molar-refractivity contribution in [2.24, 2.45) is 0 Å². The Morgan fingerprint density at radius 1 is 1.12 bits per heavy atom. The molecule has 1 N–H and O–H groups in total. The average molecular weight is 449 g/mol. The topological polar surface area (TPSA) is 97.6 Å². The normalized spacial score (nSPS) is 14.0. The molecule has 3 aromatic heterocycles. The second-order valence-electron chi connectivity index (χ2n) is 8.17. The summed E-state index contributed by atoms with van der Waals surface area (Å²) >= 11 is 0. The highest BCUT2D eigenvalue weighted by Crippen LogP contribution is 2.23. The molecule has 8 nitrogen and oxygen atoms in total. The van der Waals surface area contributed by atoms with Crippen LogP contribution in [0.5, 0.6) is 5.75 Å². The molecule has 4 rings (SSSR count). The van der Waals surface area contributed by atoms with Gasteiger partial charge in [0.15, 0.2) is 11.5 Å². The summed E-state index contributed by atoms with van der Waals surface area (Å²) in [7, 11) is 1.81. The van der Waals surface area contributed by atoms with E-state index in [0.717, 1.165) is 31.2 Å². The van der Waals surface area contributed by atoms with E-state index in [1.54, 1.807) is 47.8 Å². The molecule has 0 saturated heterocycles. The quantitative estimate of drug-likeness (QED) is 0.562. The molecule has 172 valence electrons. The van der Waals surface area contributed by atoms with E-state index in [2.05, 4.69) is 15.3 Å². The van der Waals surface area contributed by atoms with Crippen LogP contribution in [0.1, 0.15) is 48.2 Å². The fourth-order valence-corrected chi connectivity index (χ4v) is 3.90. The number of furan rings is 1. The second kappa shape index (κ2) is 10.8. The minimum Gasteiger partial charge on any atom is -0.487 e. The SMILES string of the molecule is CN(C(=O)CNC(=O)c1ccc(-c2ccc(OCc3cccnc3)cn2)o1)C1CCCCC1. The van der Waals surface area contributed by atoms with Crippen LogP contribution in [0.25, 0.3) is 11.5 Å². The Morgan fingerprint density at radius 2 is 1.97 bits per heavy atom. The van der Waals surface area contributed by atoms with Crippen molar-refractivity contribution in [2.75, 3.05) is 13.6 Å². The van der Waals surface area contributed by atoms with Gasteiger partial charge in [0.2, 0.25) is 5.91 Å². The van der Waals surface area contributed by atoms with E-state index in [0.29, 0.717) is 23.8 Å². The highest BCUT2D eigenvalue weighted by Gasteiger charge is 2.22. The van der Waals surface area contributed by atoms with Crippen molar-refractivity contribution in [3.63, 3.8) is 0 Å². The van der Waals surface area contributed by atoms with Crippen LogP contribution in [0.15, 0.2) is 59.4 Å². The molecule has 1 aliphatic carbocycles. The molecular weight excluding hydrogens is 420 g/mol. The molecule has 1 fully saturated rings. The Labute approximate surface area is 193 Å². The first kappa shape index (κ1) is 22.5. The fraction of sp³-hybridized carbons (Fsp3) is 0.360. The molecule has 0 radical (unpaired) electrons.